The van der Waals surface area contributed by atoms with Gasteiger partial charge in [-0.15, -0.1) is 0 Å². The van der Waals surface area contributed by atoms with E-state index in [0.29, 0.717) is 36.4 Å². The number of amides is 1. The van der Waals surface area contributed by atoms with E-state index in [9.17, 15) is 9.59 Å². The molecule has 0 radical (unpaired) electrons. The van der Waals surface area contributed by atoms with Crippen LogP contribution in [0.4, 0.5) is 0 Å². The number of hydrogen-bond donors (Lipinski definition) is 2. The first-order chi connectivity index (χ1) is 9.88. The average Bonchev–Trinajstić information content (AvgIpc) is 2.82. The van der Waals surface area contributed by atoms with Gasteiger partial charge >= 0.3 is 5.97 Å². The van der Waals surface area contributed by atoms with Crippen LogP contribution in [0.2, 0.25) is 5.02 Å². The lowest BCUT2D eigenvalue weighted by Crippen LogP contribution is -2.39. The number of aliphatic carboxylic acids is 1. The molecule has 2 N–H and O–H groups in total. The van der Waals surface area contributed by atoms with E-state index in [2.05, 4.69) is 5.32 Å². The van der Waals surface area contributed by atoms with Crippen LogP contribution in [0.15, 0.2) is 12.3 Å². The molecular formula is C15H21ClN2O3. The standard InChI is InChI=1S/C15H21ClN2O3/c1-9(2)18-8-11(16)7-13(18)14(19)17-12-5-3-10(4-6-12)15(20)21/h7-10,12H,3-6H2,1-2H3,(H,17,19)(H,20,21). The maximum Gasteiger partial charge on any atom is 0.306 e. The van der Waals surface area contributed by atoms with Crippen LogP contribution in [-0.2, 0) is 4.79 Å². The van der Waals surface area contributed by atoms with Crippen LogP contribution in [0.3, 0.4) is 0 Å². The number of carboxylic acid groups (broad SMARTS) is 1. The highest BCUT2D eigenvalue weighted by atomic mass is 35.5. The largest absolute Gasteiger partial charge is 0.481 e. The molecule has 6 heteroatoms. The van der Waals surface area contributed by atoms with Gasteiger partial charge in [-0.3, -0.25) is 9.59 Å². The maximum atomic E-state index is 12.4. The summed E-state index contributed by atoms with van der Waals surface area (Å²) in [6.45, 7) is 3.98. The molecule has 0 saturated heterocycles. The SMILES string of the molecule is CC(C)n1cc(Cl)cc1C(=O)NC1CCC(C(=O)O)CC1. The van der Waals surface area contributed by atoms with Gasteiger partial charge in [0.25, 0.3) is 5.91 Å². The number of carbonyl (C=O) groups is 2. The monoisotopic (exact) mass is 312 g/mol. The number of carboxylic acids is 1. The predicted molar refractivity (Wildman–Crippen MR) is 80.7 cm³/mol. The molecule has 5 nitrogen and oxygen atoms in total. The van der Waals surface area contributed by atoms with Crippen molar-refractivity contribution in [2.45, 2.75) is 51.6 Å². The van der Waals surface area contributed by atoms with Crippen LogP contribution < -0.4 is 5.32 Å². The van der Waals surface area contributed by atoms with Gasteiger partial charge in [-0.2, -0.15) is 0 Å². The topological polar surface area (TPSA) is 71.3 Å². The van der Waals surface area contributed by atoms with E-state index in [1.165, 1.54) is 0 Å². The number of halogens is 1. The predicted octanol–water partition coefficient (Wildman–Crippen LogP) is 3.10. The summed E-state index contributed by atoms with van der Waals surface area (Å²) < 4.78 is 1.85. The lowest BCUT2D eigenvalue weighted by molar-refractivity contribution is -0.142. The number of nitrogens with zero attached hydrogens (tertiary/aromatic N) is 1. The van der Waals surface area contributed by atoms with Crippen molar-refractivity contribution in [3.8, 4) is 0 Å². The van der Waals surface area contributed by atoms with Crippen molar-refractivity contribution in [1.29, 1.82) is 0 Å². The van der Waals surface area contributed by atoms with Gasteiger partial charge < -0.3 is 15.0 Å². The number of nitrogens with one attached hydrogen (secondary N) is 1. The van der Waals surface area contributed by atoms with Crippen molar-refractivity contribution in [2.24, 2.45) is 5.92 Å². The van der Waals surface area contributed by atoms with E-state index < -0.39 is 5.97 Å². The highest BCUT2D eigenvalue weighted by Gasteiger charge is 2.27. The fraction of sp³-hybridized carbons (Fsp3) is 0.600. The van der Waals surface area contributed by atoms with Crippen molar-refractivity contribution in [3.63, 3.8) is 0 Å². The first-order valence-electron chi connectivity index (χ1n) is 7.29. The Balaban J connectivity index is 1.98. The van der Waals surface area contributed by atoms with E-state index in [1.54, 1.807) is 12.3 Å². The molecule has 2 rings (SSSR count). The molecule has 0 bridgehead atoms. The zero-order valence-electron chi connectivity index (χ0n) is 12.3. The maximum absolute atomic E-state index is 12.4. The van der Waals surface area contributed by atoms with Crippen LogP contribution >= 0.6 is 11.6 Å². The third kappa shape index (κ3) is 3.79. The third-order valence-corrected chi connectivity index (χ3v) is 4.22. The molecule has 1 amide bonds. The van der Waals surface area contributed by atoms with Gasteiger partial charge in [0.05, 0.1) is 10.9 Å². The van der Waals surface area contributed by atoms with Crippen molar-refractivity contribution >= 4 is 23.5 Å². The Hall–Kier alpha value is -1.49. The number of aromatic nitrogens is 1. The zero-order valence-corrected chi connectivity index (χ0v) is 13.1. The Bertz CT molecular complexity index is 531. The summed E-state index contributed by atoms with van der Waals surface area (Å²) in [4.78, 5) is 23.3. The number of rotatable bonds is 4. The zero-order chi connectivity index (χ0) is 15.6. The normalized spacial score (nSPS) is 22.3. The summed E-state index contributed by atoms with van der Waals surface area (Å²) in [5.74, 6) is -1.15. The van der Waals surface area contributed by atoms with E-state index >= 15 is 0 Å². The molecule has 0 atom stereocenters. The van der Waals surface area contributed by atoms with Crippen molar-refractivity contribution < 1.29 is 14.7 Å². The second-order valence-electron chi connectivity index (χ2n) is 5.90. The fourth-order valence-corrected chi connectivity index (χ4v) is 3.01. The van der Waals surface area contributed by atoms with Gasteiger partial charge in [0.2, 0.25) is 0 Å². The van der Waals surface area contributed by atoms with Crippen LogP contribution in [0.25, 0.3) is 0 Å². The Morgan fingerprint density at radius 2 is 1.95 bits per heavy atom. The van der Waals surface area contributed by atoms with Gasteiger partial charge in [0.1, 0.15) is 5.69 Å². The summed E-state index contributed by atoms with van der Waals surface area (Å²) in [6, 6.07) is 1.86. The molecular weight excluding hydrogens is 292 g/mol. The molecule has 0 aromatic carbocycles. The third-order valence-electron chi connectivity index (χ3n) is 4.02. The second kappa shape index (κ2) is 6.52. The molecule has 0 spiro atoms. The van der Waals surface area contributed by atoms with Crippen molar-refractivity contribution in [3.05, 3.63) is 23.0 Å². The molecule has 1 aliphatic carbocycles. The Kier molecular flexibility index (Phi) is 4.93. The molecule has 1 aromatic rings. The van der Waals surface area contributed by atoms with Crippen LogP contribution in [0.1, 0.15) is 56.1 Å². The molecule has 1 saturated carbocycles. The Morgan fingerprint density at radius 1 is 1.33 bits per heavy atom. The van der Waals surface area contributed by atoms with Gasteiger partial charge in [-0.1, -0.05) is 11.6 Å². The summed E-state index contributed by atoms with van der Waals surface area (Å²) in [6.07, 6.45) is 4.40. The van der Waals surface area contributed by atoms with Gasteiger partial charge in [-0.25, -0.2) is 0 Å². The highest BCUT2D eigenvalue weighted by molar-refractivity contribution is 6.31. The number of hydrogen-bond acceptors (Lipinski definition) is 2. The molecule has 0 unspecified atom stereocenters. The van der Waals surface area contributed by atoms with Gasteiger partial charge in [0.15, 0.2) is 0 Å². The first-order valence-corrected chi connectivity index (χ1v) is 7.67. The summed E-state index contributed by atoms with van der Waals surface area (Å²) in [7, 11) is 0. The van der Waals surface area contributed by atoms with Gasteiger partial charge in [-0.05, 0) is 45.6 Å². The number of carbonyl (C=O) groups excluding carboxylic acids is 1. The first kappa shape index (κ1) is 15.9. The average molecular weight is 313 g/mol. The van der Waals surface area contributed by atoms with Crippen molar-refractivity contribution in [1.82, 2.24) is 9.88 Å². The molecule has 0 aliphatic heterocycles. The molecule has 1 aliphatic rings. The van der Waals surface area contributed by atoms with Crippen LogP contribution in [-0.4, -0.2) is 27.6 Å². The second-order valence-corrected chi connectivity index (χ2v) is 6.34. The summed E-state index contributed by atoms with van der Waals surface area (Å²) in [5, 5.41) is 12.5. The molecule has 116 valence electrons. The molecule has 21 heavy (non-hydrogen) atoms. The minimum Gasteiger partial charge on any atom is -0.481 e. The van der Waals surface area contributed by atoms with Crippen LogP contribution in [0, 0.1) is 5.92 Å². The van der Waals surface area contributed by atoms with E-state index in [1.807, 2.05) is 18.4 Å². The molecule has 1 aromatic heterocycles. The van der Waals surface area contributed by atoms with Gasteiger partial charge in [0, 0.05) is 18.3 Å². The molecule has 1 heterocycles. The van der Waals surface area contributed by atoms with E-state index in [-0.39, 0.29) is 23.9 Å². The minimum absolute atomic E-state index is 0.0439. The van der Waals surface area contributed by atoms with Crippen molar-refractivity contribution in [2.75, 3.05) is 0 Å². The lowest BCUT2D eigenvalue weighted by Gasteiger charge is -2.27. The van der Waals surface area contributed by atoms with Crippen LogP contribution in [0.5, 0.6) is 0 Å². The lowest BCUT2D eigenvalue weighted by atomic mass is 9.86. The summed E-state index contributed by atoms with van der Waals surface area (Å²) in [5.41, 5.74) is 0.551. The highest BCUT2D eigenvalue weighted by Crippen LogP contribution is 2.25. The minimum atomic E-state index is -0.736. The smallest absolute Gasteiger partial charge is 0.306 e. The quantitative estimate of drug-likeness (QED) is 0.897. The summed E-state index contributed by atoms with van der Waals surface area (Å²) >= 11 is 5.98. The Morgan fingerprint density at radius 3 is 2.48 bits per heavy atom. The molecule has 1 fully saturated rings. The fourth-order valence-electron chi connectivity index (χ4n) is 2.80. The Labute approximate surface area is 129 Å². The van der Waals surface area contributed by atoms with E-state index in [0.717, 1.165) is 0 Å². The van der Waals surface area contributed by atoms with E-state index in [4.69, 9.17) is 16.7 Å².